The van der Waals surface area contributed by atoms with Gasteiger partial charge in [-0.2, -0.15) is 0 Å². The van der Waals surface area contributed by atoms with E-state index in [1.807, 2.05) is 67.6 Å². The Labute approximate surface area is 241 Å². The lowest BCUT2D eigenvalue weighted by Gasteiger charge is -2.38. The van der Waals surface area contributed by atoms with E-state index in [4.69, 9.17) is 4.74 Å². The van der Waals surface area contributed by atoms with Crippen molar-refractivity contribution in [3.63, 3.8) is 0 Å². The Hall–Kier alpha value is -3.75. The summed E-state index contributed by atoms with van der Waals surface area (Å²) in [5.41, 5.74) is -0.445. The van der Waals surface area contributed by atoms with E-state index in [1.54, 1.807) is 28.9 Å². The minimum absolute atomic E-state index is 0.226. The molecule has 3 fully saturated rings. The van der Waals surface area contributed by atoms with Crippen molar-refractivity contribution in [2.45, 2.75) is 56.5 Å². The van der Waals surface area contributed by atoms with Crippen LogP contribution in [0.1, 0.15) is 32.3 Å². The third-order valence-electron chi connectivity index (χ3n) is 8.98. The van der Waals surface area contributed by atoms with Crippen LogP contribution in [0.2, 0.25) is 0 Å². The van der Waals surface area contributed by atoms with Crippen LogP contribution in [0.5, 0.6) is 0 Å². The van der Waals surface area contributed by atoms with E-state index in [0.29, 0.717) is 25.1 Å². The molecule has 2 unspecified atom stereocenters. The van der Waals surface area contributed by atoms with Gasteiger partial charge in [-0.25, -0.2) is 0 Å². The fourth-order valence-corrected chi connectivity index (χ4v) is 7.17. The quantitative estimate of drug-likeness (QED) is 0.427. The molecule has 41 heavy (non-hydrogen) atoms. The van der Waals surface area contributed by atoms with Gasteiger partial charge in [0.1, 0.15) is 11.6 Å². The molecule has 0 aliphatic carbocycles. The van der Waals surface area contributed by atoms with Crippen molar-refractivity contribution in [1.29, 1.82) is 0 Å². The first-order valence-corrected chi connectivity index (χ1v) is 14.3. The Bertz CT molecular complexity index is 1320. The van der Waals surface area contributed by atoms with E-state index in [-0.39, 0.29) is 37.4 Å². The molecule has 8 heteroatoms. The molecule has 0 aromatic heterocycles. The van der Waals surface area contributed by atoms with Crippen LogP contribution in [0.3, 0.4) is 0 Å². The number of aliphatic hydroxyl groups excluding tert-OH is 1. The number of rotatable bonds is 11. The van der Waals surface area contributed by atoms with Gasteiger partial charge in [0.25, 0.3) is 0 Å². The minimum Gasteiger partial charge on any atom is -0.394 e. The summed E-state index contributed by atoms with van der Waals surface area (Å²) in [5.74, 6) is -2.47. The number of hydrogen-bond donors (Lipinski definition) is 1. The fraction of sp³-hybridized carbons (Fsp3) is 0.424. The van der Waals surface area contributed by atoms with Crippen molar-refractivity contribution in [2.24, 2.45) is 11.8 Å². The number of likely N-dealkylation sites (tertiary alicyclic amines) is 1. The number of anilines is 1. The molecule has 2 aromatic rings. The fourth-order valence-electron chi connectivity index (χ4n) is 7.17. The van der Waals surface area contributed by atoms with Crippen molar-refractivity contribution in [2.75, 3.05) is 24.6 Å². The summed E-state index contributed by atoms with van der Waals surface area (Å²) in [6.45, 7) is 11.9. The minimum atomic E-state index is -1.18. The zero-order valence-electron chi connectivity index (χ0n) is 23.8. The molecule has 3 saturated heterocycles. The lowest BCUT2D eigenvalue weighted by Crippen LogP contribution is -2.58. The molecule has 1 N–H and O–H groups in total. The van der Waals surface area contributed by atoms with E-state index >= 15 is 0 Å². The number of aliphatic hydroxyl groups is 1. The van der Waals surface area contributed by atoms with E-state index < -0.39 is 35.1 Å². The van der Waals surface area contributed by atoms with Crippen molar-refractivity contribution < 1.29 is 24.2 Å². The van der Waals surface area contributed by atoms with Crippen LogP contribution in [0.4, 0.5) is 5.69 Å². The van der Waals surface area contributed by atoms with Crippen molar-refractivity contribution in [3.05, 3.63) is 91.5 Å². The van der Waals surface area contributed by atoms with E-state index in [1.165, 1.54) is 4.90 Å². The highest BCUT2D eigenvalue weighted by Crippen LogP contribution is 2.64. The standard InChI is InChI=1S/C33H39N3O5/c1-5-19-34(21-24-13-9-7-10-14-24)31(40)28-33-18-17-32(4,41-33)26(27(33)30(39)36(28)23(3)22-37)29(38)35(20-6-2)25-15-11-8-12-16-25/h5-16,23,26-28,37H,1-2,17-22H2,3-4H3/t23-,26-,27+,28?,32+,33?/m1/s1. The molecular weight excluding hydrogens is 518 g/mol. The Morgan fingerprint density at radius 3 is 2.29 bits per heavy atom. The molecule has 8 nitrogen and oxygen atoms in total. The molecule has 1 spiro atoms. The predicted octanol–water partition coefficient (Wildman–Crippen LogP) is 3.57. The summed E-state index contributed by atoms with van der Waals surface area (Å²) in [6.07, 6.45) is 4.33. The number of ether oxygens (including phenoxy) is 1. The maximum absolute atomic E-state index is 14.5. The number of nitrogens with zero attached hydrogens (tertiary/aromatic N) is 3. The maximum atomic E-state index is 14.5. The van der Waals surface area contributed by atoms with Gasteiger partial charge in [-0.1, -0.05) is 60.7 Å². The number of benzene rings is 2. The first-order chi connectivity index (χ1) is 19.7. The average Bonchev–Trinajstić information content (AvgIpc) is 3.56. The number of para-hydroxylation sites is 1. The molecule has 3 heterocycles. The molecule has 0 saturated carbocycles. The summed E-state index contributed by atoms with van der Waals surface area (Å²) >= 11 is 0. The SMILES string of the molecule is C=CCN(Cc1ccccc1)C(=O)C1N([C@H](C)CO)C(=O)[C@@H]2[C@H](C(=O)N(CC=C)c3ccccc3)[C@]3(C)CCC12O3. The molecule has 2 bridgehead atoms. The number of hydrogen-bond acceptors (Lipinski definition) is 5. The largest absolute Gasteiger partial charge is 0.394 e. The highest BCUT2D eigenvalue weighted by Gasteiger charge is 2.78. The van der Waals surface area contributed by atoms with E-state index in [2.05, 4.69) is 13.2 Å². The second kappa shape index (κ2) is 11.3. The number of amides is 3. The van der Waals surface area contributed by atoms with Gasteiger partial charge in [-0.3, -0.25) is 14.4 Å². The zero-order chi connectivity index (χ0) is 29.4. The molecule has 3 amide bonds. The lowest BCUT2D eigenvalue weighted by molar-refractivity contribution is -0.154. The Kier molecular flexibility index (Phi) is 7.90. The average molecular weight is 558 g/mol. The summed E-state index contributed by atoms with van der Waals surface area (Å²) < 4.78 is 6.79. The van der Waals surface area contributed by atoms with Crippen molar-refractivity contribution >= 4 is 23.4 Å². The predicted molar refractivity (Wildman–Crippen MR) is 157 cm³/mol. The van der Waals surface area contributed by atoms with Crippen molar-refractivity contribution in [3.8, 4) is 0 Å². The van der Waals surface area contributed by atoms with Gasteiger partial charge in [0.15, 0.2) is 0 Å². The van der Waals surface area contributed by atoms with Crippen LogP contribution in [0.25, 0.3) is 0 Å². The lowest BCUT2D eigenvalue weighted by atomic mass is 9.66. The number of carbonyl (C=O) groups excluding carboxylic acids is 3. The summed E-state index contributed by atoms with van der Waals surface area (Å²) in [6, 6.07) is 17.3. The van der Waals surface area contributed by atoms with Crippen molar-refractivity contribution in [1.82, 2.24) is 9.80 Å². The van der Waals surface area contributed by atoms with Gasteiger partial charge in [0.2, 0.25) is 17.7 Å². The third kappa shape index (κ3) is 4.69. The third-order valence-corrected chi connectivity index (χ3v) is 8.98. The zero-order valence-corrected chi connectivity index (χ0v) is 23.8. The van der Waals surface area contributed by atoms with Crippen LogP contribution in [-0.4, -0.2) is 75.6 Å². The second-order valence-electron chi connectivity index (χ2n) is 11.6. The summed E-state index contributed by atoms with van der Waals surface area (Å²) in [5, 5.41) is 10.2. The second-order valence-corrected chi connectivity index (χ2v) is 11.6. The van der Waals surface area contributed by atoms with Gasteiger partial charge in [-0.15, -0.1) is 13.2 Å². The van der Waals surface area contributed by atoms with Crippen LogP contribution >= 0.6 is 0 Å². The Morgan fingerprint density at radius 1 is 1.05 bits per heavy atom. The van der Waals surface area contributed by atoms with E-state index in [0.717, 1.165) is 5.56 Å². The summed E-state index contributed by atoms with van der Waals surface area (Å²) in [4.78, 5) is 48.0. The molecule has 6 atom stereocenters. The normalized spacial score (nSPS) is 28.7. The number of carbonyl (C=O) groups is 3. The van der Waals surface area contributed by atoms with Crippen LogP contribution in [0, 0.1) is 11.8 Å². The molecule has 5 rings (SSSR count). The van der Waals surface area contributed by atoms with Gasteiger partial charge in [0.05, 0.1) is 30.1 Å². The molecule has 3 aliphatic heterocycles. The van der Waals surface area contributed by atoms with Crippen LogP contribution in [-0.2, 0) is 25.7 Å². The topological polar surface area (TPSA) is 90.4 Å². The van der Waals surface area contributed by atoms with Gasteiger partial charge in [0, 0.05) is 25.3 Å². The molecule has 216 valence electrons. The van der Waals surface area contributed by atoms with Gasteiger partial charge < -0.3 is 24.5 Å². The van der Waals surface area contributed by atoms with Gasteiger partial charge in [-0.05, 0) is 44.4 Å². The first kappa shape index (κ1) is 28.8. The van der Waals surface area contributed by atoms with Gasteiger partial charge >= 0.3 is 0 Å². The number of fused-ring (bicyclic) bond motifs is 1. The van der Waals surface area contributed by atoms with Crippen LogP contribution in [0.15, 0.2) is 86.0 Å². The summed E-state index contributed by atoms with van der Waals surface area (Å²) in [7, 11) is 0. The molecule has 3 aliphatic rings. The smallest absolute Gasteiger partial charge is 0.249 e. The Balaban J connectivity index is 1.57. The molecule has 0 radical (unpaired) electrons. The first-order valence-electron chi connectivity index (χ1n) is 14.3. The maximum Gasteiger partial charge on any atom is 0.249 e. The van der Waals surface area contributed by atoms with E-state index in [9.17, 15) is 19.5 Å². The highest BCUT2D eigenvalue weighted by molar-refractivity contribution is 6.03. The highest BCUT2D eigenvalue weighted by atomic mass is 16.5. The molecule has 2 aromatic carbocycles. The molecular formula is C33H39N3O5. The van der Waals surface area contributed by atoms with Crippen LogP contribution < -0.4 is 4.90 Å². The monoisotopic (exact) mass is 557 g/mol. The Morgan fingerprint density at radius 2 is 1.68 bits per heavy atom.